The highest BCUT2D eigenvalue weighted by Gasteiger charge is 2.16. The van der Waals surface area contributed by atoms with Gasteiger partial charge in [0.1, 0.15) is 5.84 Å². The molecule has 0 saturated heterocycles. The highest BCUT2D eigenvalue weighted by molar-refractivity contribution is 5.96. The molecule has 0 heterocycles. The third-order valence-electron chi connectivity index (χ3n) is 1.14. The van der Waals surface area contributed by atoms with E-state index in [1.165, 1.54) is 6.21 Å². The van der Waals surface area contributed by atoms with E-state index in [2.05, 4.69) is 15.9 Å². The van der Waals surface area contributed by atoms with Crippen LogP contribution in [0, 0.1) is 17.8 Å². The zero-order valence-electron chi connectivity index (χ0n) is 7.55. The molecule has 0 aliphatic carbocycles. The number of nitrogens with zero attached hydrogens (tertiary/aromatic N) is 2. The summed E-state index contributed by atoms with van der Waals surface area (Å²) >= 11 is 0. The summed E-state index contributed by atoms with van der Waals surface area (Å²) in [6, 6.07) is 0. The Morgan fingerprint density at radius 3 is 2.27 bits per heavy atom. The molecule has 0 amide bonds. The Morgan fingerprint density at radius 2 is 2.00 bits per heavy atom. The standard InChI is InChI=1S/C9H14N2/c1-6-7-11-8(10-5)9(2,3)4/h1,7H,2-5H3. The summed E-state index contributed by atoms with van der Waals surface area (Å²) < 4.78 is 0. The predicted molar refractivity (Wildman–Crippen MR) is 50.1 cm³/mol. The first-order chi connectivity index (χ1) is 5.02. The topological polar surface area (TPSA) is 24.7 Å². The molecule has 0 rings (SSSR count). The molecule has 0 aromatic rings. The van der Waals surface area contributed by atoms with E-state index in [0.717, 1.165) is 5.84 Å². The summed E-state index contributed by atoms with van der Waals surface area (Å²) in [4.78, 5) is 8.04. The number of hydrogen-bond donors (Lipinski definition) is 0. The summed E-state index contributed by atoms with van der Waals surface area (Å²) in [6.45, 7) is 6.13. The lowest BCUT2D eigenvalue weighted by Gasteiger charge is -2.16. The van der Waals surface area contributed by atoms with E-state index < -0.39 is 0 Å². The average Bonchev–Trinajstić information content (AvgIpc) is 1.87. The largest absolute Gasteiger partial charge is 0.273 e. The normalized spacial score (nSPS) is 13.5. The van der Waals surface area contributed by atoms with Crippen LogP contribution in [0.1, 0.15) is 20.8 Å². The van der Waals surface area contributed by atoms with Gasteiger partial charge in [-0.2, -0.15) is 0 Å². The number of rotatable bonds is 0. The summed E-state index contributed by atoms with van der Waals surface area (Å²) in [5, 5.41) is 0. The van der Waals surface area contributed by atoms with Gasteiger partial charge in [-0.1, -0.05) is 26.7 Å². The molecule has 0 aliphatic heterocycles. The second kappa shape index (κ2) is 3.92. The minimum Gasteiger partial charge on any atom is -0.273 e. The quantitative estimate of drug-likeness (QED) is 0.285. The summed E-state index contributed by atoms with van der Waals surface area (Å²) in [5.41, 5.74) is -0.0257. The van der Waals surface area contributed by atoms with E-state index in [1.54, 1.807) is 7.05 Å². The first-order valence-corrected chi connectivity index (χ1v) is 3.48. The molecule has 2 heteroatoms. The smallest absolute Gasteiger partial charge is 0.129 e. The third kappa shape index (κ3) is 3.57. The first-order valence-electron chi connectivity index (χ1n) is 3.48. The molecule has 0 unspecified atom stereocenters. The molecule has 0 atom stereocenters. The molecule has 0 aromatic heterocycles. The van der Waals surface area contributed by atoms with Gasteiger partial charge in [-0.25, -0.2) is 4.99 Å². The Labute approximate surface area is 68.4 Å². The van der Waals surface area contributed by atoms with Gasteiger partial charge >= 0.3 is 0 Å². The van der Waals surface area contributed by atoms with Gasteiger partial charge < -0.3 is 0 Å². The van der Waals surface area contributed by atoms with E-state index in [9.17, 15) is 0 Å². The van der Waals surface area contributed by atoms with Crippen molar-refractivity contribution in [2.75, 3.05) is 7.05 Å². The van der Waals surface area contributed by atoms with Gasteiger partial charge in [0, 0.05) is 12.5 Å². The molecule has 60 valence electrons. The van der Waals surface area contributed by atoms with Crippen molar-refractivity contribution in [3.05, 3.63) is 0 Å². The average molecular weight is 150 g/mol. The van der Waals surface area contributed by atoms with Gasteiger partial charge in [0.2, 0.25) is 0 Å². The van der Waals surface area contributed by atoms with Gasteiger partial charge in [-0.15, -0.1) is 6.42 Å². The Balaban J connectivity index is 4.49. The highest BCUT2D eigenvalue weighted by Crippen LogP contribution is 2.16. The molecule has 0 saturated carbocycles. The van der Waals surface area contributed by atoms with Crippen molar-refractivity contribution >= 4 is 12.1 Å². The van der Waals surface area contributed by atoms with Crippen LogP contribution >= 0.6 is 0 Å². The van der Waals surface area contributed by atoms with Crippen LogP contribution in [0.25, 0.3) is 0 Å². The van der Waals surface area contributed by atoms with Crippen LogP contribution in [0.4, 0.5) is 0 Å². The van der Waals surface area contributed by atoms with Crippen molar-refractivity contribution in [1.29, 1.82) is 0 Å². The molecular weight excluding hydrogens is 136 g/mol. The van der Waals surface area contributed by atoms with Gasteiger partial charge in [-0.05, 0) is 0 Å². The monoisotopic (exact) mass is 150 g/mol. The molecule has 0 bridgehead atoms. The fourth-order valence-electron chi connectivity index (χ4n) is 0.685. The predicted octanol–water partition coefficient (Wildman–Crippen LogP) is 1.76. The van der Waals surface area contributed by atoms with Crippen LogP contribution in [0.2, 0.25) is 0 Å². The maximum Gasteiger partial charge on any atom is 0.129 e. The molecule has 2 nitrogen and oxygen atoms in total. The molecule has 0 spiro atoms. The summed E-state index contributed by atoms with van der Waals surface area (Å²) in [7, 11) is 1.72. The van der Waals surface area contributed by atoms with Gasteiger partial charge in [0.25, 0.3) is 0 Å². The zero-order valence-corrected chi connectivity index (χ0v) is 7.55. The van der Waals surface area contributed by atoms with Crippen LogP contribution in [-0.4, -0.2) is 19.1 Å². The number of hydrogen-bond acceptors (Lipinski definition) is 1. The van der Waals surface area contributed by atoms with Crippen molar-refractivity contribution in [3.8, 4) is 12.3 Å². The highest BCUT2D eigenvalue weighted by atomic mass is 14.9. The molecule has 0 fully saturated rings. The second-order valence-corrected chi connectivity index (χ2v) is 3.22. The lowest BCUT2D eigenvalue weighted by Crippen LogP contribution is -2.18. The molecular formula is C9H14N2. The number of terminal acetylenes is 1. The minimum absolute atomic E-state index is 0.0257. The maximum absolute atomic E-state index is 5.02. The van der Waals surface area contributed by atoms with E-state index >= 15 is 0 Å². The van der Waals surface area contributed by atoms with Crippen LogP contribution in [0.3, 0.4) is 0 Å². The fourth-order valence-corrected chi connectivity index (χ4v) is 0.685. The lowest BCUT2D eigenvalue weighted by atomic mass is 9.95. The van der Waals surface area contributed by atoms with Crippen LogP contribution in [-0.2, 0) is 0 Å². The zero-order chi connectivity index (χ0) is 8.91. The SMILES string of the molecule is C#CC=NC(=NC)C(C)(C)C. The van der Waals surface area contributed by atoms with Crippen LogP contribution in [0.5, 0.6) is 0 Å². The molecule has 11 heavy (non-hydrogen) atoms. The van der Waals surface area contributed by atoms with Gasteiger partial charge in [0.15, 0.2) is 0 Å². The maximum atomic E-state index is 5.02. The first kappa shape index (κ1) is 9.90. The third-order valence-corrected chi connectivity index (χ3v) is 1.14. The molecule has 0 N–H and O–H groups in total. The van der Waals surface area contributed by atoms with E-state index in [1.807, 2.05) is 20.8 Å². The minimum atomic E-state index is -0.0257. The van der Waals surface area contributed by atoms with E-state index in [-0.39, 0.29) is 5.41 Å². The Hall–Kier alpha value is -1.10. The van der Waals surface area contributed by atoms with Gasteiger partial charge in [0.05, 0.1) is 6.21 Å². The summed E-state index contributed by atoms with van der Waals surface area (Å²) in [6.07, 6.45) is 6.44. The van der Waals surface area contributed by atoms with E-state index in [4.69, 9.17) is 6.42 Å². The lowest BCUT2D eigenvalue weighted by molar-refractivity contribution is 0.584. The van der Waals surface area contributed by atoms with Crippen molar-refractivity contribution in [3.63, 3.8) is 0 Å². The second-order valence-electron chi connectivity index (χ2n) is 3.22. The van der Waals surface area contributed by atoms with Crippen molar-refractivity contribution in [1.82, 2.24) is 0 Å². The molecule has 0 aliphatic rings. The number of aliphatic imine (C=N–C) groups is 2. The van der Waals surface area contributed by atoms with Crippen molar-refractivity contribution < 1.29 is 0 Å². The van der Waals surface area contributed by atoms with Crippen molar-refractivity contribution in [2.45, 2.75) is 20.8 Å². The molecule has 0 aromatic carbocycles. The van der Waals surface area contributed by atoms with Crippen molar-refractivity contribution in [2.24, 2.45) is 15.4 Å². The fraction of sp³-hybridized carbons (Fsp3) is 0.556. The van der Waals surface area contributed by atoms with E-state index in [0.29, 0.717) is 0 Å². The van der Waals surface area contributed by atoms with Crippen LogP contribution in [0.15, 0.2) is 9.98 Å². The van der Waals surface area contributed by atoms with Gasteiger partial charge in [-0.3, -0.25) is 4.99 Å². The Morgan fingerprint density at radius 1 is 1.45 bits per heavy atom. The molecule has 0 radical (unpaired) electrons. The number of amidine groups is 1. The Bertz CT molecular complexity index is 211. The Kier molecular flexibility index (Phi) is 3.53. The van der Waals surface area contributed by atoms with Crippen LogP contribution < -0.4 is 0 Å². The summed E-state index contributed by atoms with van der Waals surface area (Å²) in [5.74, 6) is 3.11.